The molecule has 1 atom stereocenters. The molecule has 0 saturated carbocycles. The van der Waals surface area contributed by atoms with E-state index in [1.54, 1.807) is 12.1 Å². The van der Waals surface area contributed by atoms with Gasteiger partial charge in [-0.25, -0.2) is 0 Å². The number of fused-ring (bicyclic) bond motifs is 5. The van der Waals surface area contributed by atoms with Gasteiger partial charge in [0.05, 0.1) is 23.0 Å². The standard InChI is InChI=1S/C16H11N3O/c17-9-10-5-6-12-14(7-10)19-13-4-2-1-3-11(13)8-15(19)16(20)18-12/h1-7,15H,8H2,(H,18,20). The third-order valence-corrected chi connectivity index (χ3v) is 3.92. The van der Waals surface area contributed by atoms with Crippen LogP contribution in [0.3, 0.4) is 0 Å². The summed E-state index contributed by atoms with van der Waals surface area (Å²) in [6, 6.07) is 15.3. The number of nitrogens with zero attached hydrogens (tertiary/aromatic N) is 2. The highest BCUT2D eigenvalue weighted by molar-refractivity contribution is 6.07. The molecule has 2 aromatic carbocycles. The molecule has 0 radical (unpaired) electrons. The van der Waals surface area contributed by atoms with Crippen molar-refractivity contribution in [3.8, 4) is 6.07 Å². The molecule has 0 bridgehead atoms. The van der Waals surface area contributed by atoms with Gasteiger partial charge in [0.25, 0.3) is 0 Å². The van der Waals surface area contributed by atoms with E-state index in [4.69, 9.17) is 5.26 Å². The van der Waals surface area contributed by atoms with Gasteiger partial charge in [-0.1, -0.05) is 18.2 Å². The second-order valence-electron chi connectivity index (χ2n) is 5.05. The maximum Gasteiger partial charge on any atom is 0.247 e. The Morgan fingerprint density at radius 2 is 2.05 bits per heavy atom. The van der Waals surface area contributed by atoms with Crippen molar-refractivity contribution in [2.75, 3.05) is 10.2 Å². The molecule has 2 aromatic rings. The van der Waals surface area contributed by atoms with Crippen LogP contribution in [0, 0.1) is 11.3 Å². The van der Waals surface area contributed by atoms with E-state index in [-0.39, 0.29) is 11.9 Å². The van der Waals surface area contributed by atoms with Crippen LogP contribution in [-0.4, -0.2) is 11.9 Å². The van der Waals surface area contributed by atoms with Gasteiger partial charge in [-0.15, -0.1) is 0 Å². The number of carbonyl (C=O) groups excluding carboxylic acids is 1. The van der Waals surface area contributed by atoms with E-state index < -0.39 is 0 Å². The Bertz CT molecular complexity index is 776. The number of hydrogen-bond acceptors (Lipinski definition) is 3. The predicted octanol–water partition coefficient (Wildman–Crippen LogP) is 2.57. The van der Waals surface area contributed by atoms with Gasteiger partial charge >= 0.3 is 0 Å². The summed E-state index contributed by atoms with van der Waals surface area (Å²) in [5, 5.41) is 12.0. The van der Waals surface area contributed by atoms with E-state index in [9.17, 15) is 4.79 Å². The van der Waals surface area contributed by atoms with Gasteiger partial charge in [-0.05, 0) is 29.8 Å². The van der Waals surface area contributed by atoms with Crippen LogP contribution in [0.5, 0.6) is 0 Å². The van der Waals surface area contributed by atoms with Crippen LogP contribution in [-0.2, 0) is 11.2 Å². The van der Waals surface area contributed by atoms with E-state index in [2.05, 4.69) is 17.5 Å². The van der Waals surface area contributed by atoms with Crippen LogP contribution in [0.25, 0.3) is 0 Å². The average molecular weight is 261 g/mol. The van der Waals surface area contributed by atoms with Crippen LogP contribution in [0.4, 0.5) is 17.1 Å². The molecular weight excluding hydrogens is 250 g/mol. The van der Waals surface area contributed by atoms with Crippen molar-refractivity contribution < 1.29 is 4.79 Å². The van der Waals surface area contributed by atoms with Crippen LogP contribution in [0.2, 0.25) is 0 Å². The second-order valence-corrected chi connectivity index (χ2v) is 5.05. The molecule has 1 amide bonds. The SMILES string of the molecule is N#Cc1ccc2c(c1)N1c3ccccc3CC1C(=O)N2. The number of rotatable bonds is 0. The van der Waals surface area contributed by atoms with E-state index in [0.29, 0.717) is 12.0 Å². The molecule has 0 aromatic heterocycles. The van der Waals surface area contributed by atoms with Crippen LogP contribution in [0.1, 0.15) is 11.1 Å². The maximum atomic E-state index is 12.2. The monoisotopic (exact) mass is 261 g/mol. The molecule has 1 unspecified atom stereocenters. The molecule has 2 aliphatic rings. The molecule has 1 N–H and O–H groups in total. The fourth-order valence-corrected chi connectivity index (χ4v) is 3.02. The lowest BCUT2D eigenvalue weighted by atomic mass is 10.1. The number of nitrogens with one attached hydrogen (secondary N) is 1. The first-order chi connectivity index (χ1) is 9.78. The van der Waals surface area contributed by atoms with Crippen molar-refractivity contribution in [1.82, 2.24) is 0 Å². The summed E-state index contributed by atoms with van der Waals surface area (Å²) in [5.41, 5.74) is 4.50. The number of benzene rings is 2. The van der Waals surface area contributed by atoms with Crippen LogP contribution < -0.4 is 10.2 Å². The maximum absolute atomic E-state index is 12.2. The van der Waals surface area contributed by atoms with Gasteiger partial charge in [0.2, 0.25) is 5.91 Å². The Labute approximate surface area is 116 Å². The molecule has 0 spiro atoms. The summed E-state index contributed by atoms with van der Waals surface area (Å²) in [5.74, 6) is 0.0124. The number of amides is 1. The van der Waals surface area contributed by atoms with Crippen molar-refractivity contribution in [2.24, 2.45) is 0 Å². The van der Waals surface area contributed by atoms with Gasteiger partial charge in [0.15, 0.2) is 0 Å². The molecular formula is C16H11N3O. The zero-order valence-electron chi connectivity index (χ0n) is 10.6. The van der Waals surface area contributed by atoms with Gasteiger partial charge in [-0.3, -0.25) is 4.79 Å². The summed E-state index contributed by atoms with van der Waals surface area (Å²) >= 11 is 0. The Morgan fingerprint density at radius 1 is 1.20 bits per heavy atom. The highest BCUT2D eigenvalue weighted by Crippen LogP contribution is 2.44. The molecule has 4 heteroatoms. The molecule has 2 aliphatic heterocycles. The number of carbonyl (C=O) groups is 1. The molecule has 0 saturated heterocycles. The Kier molecular flexibility index (Phi) is 2.13. The molecule has 0 fully saturated rings. The molecule has 0 aliphatic carbocycles. The predicted molar refractivity (Wildman–Crippen MR) is 75.9 cm³/mol. The molecule has 4 rings (SSSR count). The quantitative estimate of drug-likeness (QED) is 0.793. The van der Waals surface area contributed by atoms with Gasteiger partial charge in [0, 0.05) is 12.1 Å². The minimum atomic E-state index is -0.214. The highest BCUT2D eigenvalue weighted by Gasteiger charge is 2.39. The highest BCUT2D eigenvalue weighted by atomic mass is 16.2. The molecule has 20 heavy (non-hydrogen) atoms. The van der Waals surface area contributed by atoms with Crippen LogP contribution in [0.15, 0.2) is 42.5 Å². The zero-order valence-corrected chi connectivity index (χ0v) is 10.6. The minimum Gasteiger partial charge on any atom is -0.327 e. The summed E-state index contributed by atoms with van der Waals surface area (Å²) in [4.78, 5) is 14.3. The second kappa shape index (κ2) is 3.84. The topological polar surface area (TPSA) is 56.1 Å². The number of nitriles is 1. The van der Waals surface area contributed by atoms with Gasteiger partial charge in [-0.2, -0.15) is 5.26 Å². The lowest BCUT2D eigenvalue weighted by molar-refractivity contribution is -0.117. The fourth-order valence-electron chi connectivity index (χ4n) is 3.02. The van der Waals surface area contributed by atoms with E-state index >= 15 is 0 Å². The van der Waals surface area contributed by atoms with E-state index in [1.807, 2.05) is 29.2 Å². The third-order valence-electron chi connectivity index (χ3n) is 3.92. The number of anilines is 3. The Hall–Kier alpha value is -2.80. The lowest BCUT2D eigenvalue weighted by Gasteiger charge is -2.33. The smallest absolute Gasteiger partial charge is 0.247 e. The Balaban J connectivity index is 1.96. The van der Waals surface area contributed by atoms with Crippen molar-refractivity contribution in [3.05, 3.63) is 53.6 Å². The summed E-state index contributed by atoms with van der Waals surface area (Å²) in [7, 11) is 0. The molecule has 2 heterocycles. The molecule has 96 valence electrons. The lowest BCUT2D eigenvalue weighted by Crippen LogP contribution is -2.43. The van der Waals surface area contributed by atoms with Crippen molar-refractivity contribution in [1.29, 1.82) is 5.26 Å². The largest absolute Gasteiger partial charge is 0.327 e. The summed E-state index contributed by atoms with van der Waals surface area (Å²) in [6.45, 7) is 0. The first-order valence-electron chi connectivity index (χ1n) is 6.50. The zero-order chi connectivity index (χ0) is 13.7. The van der Waals surface area contributed by atoms with Crippen molar-refractivity contribution >= 4 is 23.0 Å². The third kappa shape index (κ3) is 1.38. The van der Waals surface area contributed by atoms with Gasteiger partial charge < -0.3 is 10.2 Å². The summed E-state index contributed by atoms with van der Waals surface area (Å²) < 4.78 is 0. The number of hydrogen-bond donors (Lipinski definition) is 1. The normalized spacial score (nSPS) is 18.6. The van der Waals surface area contributed by atoms with Gasteiger partial charge in [0.1, 0.15) is 6.04 Å². The van der Waals surface area contributed by atoms with E-state index in [0.717, 1.165) is 17.1 Å². The average Bonchev–Trinajstić information content (AvgIpc) is 2.87. The van der Waals surface area contributed by atoms with Crippen molar-refractivity contribution in [3.63, 3.8) is 0 Å². The first kappa shape index (κ1) is 11.1. The van der Waals surface area contributed by atoms with Crippen LogP contribution >= 0.6 is 0 Å². The number of para-hydroxylation sites is 1. The van der Waals surface area contributed by atoms with Crippen molar-refractivity contribution in [2.45, 2.75) is 12.5 Å². The first-order valence-corrected chi connectivity index (χ1v) is 6.50. The summed E-state index contributed by atoms with van der Waals surface area (Å²) in [6.07, 6.45) is 0.707. The molecule has 4 nitrogen and oxygen atoms in total. The fraction of sp³-hybridized carbons (Fsp3) is 0.125. The Morgan fingerprint density at radius 3 is 2.90 bits per heavy atom. The minimum absolute atomic E-state index is 0.0124. The van der Waals surface area contributed by atoms with E-state index in [1.165, 1.54) is 5.56 Å².